The van der Waals surface area contributed by atoms with E-state index in [1.807, 2.05) is 14.0 Å². The largest absolute Gasteiger partial charge is 0.372 e. The Morgan fingerprint density at radius 2 is 2.00 bits per heavy atom. The highest BCUT2D eigenvalue weighted by molar-refractivity contribution is 14.1. The zero-order chi connectivity index (χ0) is 13.5. The van der Waals surface area contributed by atoms with E-state index in [1.165, 1.54) is 0 Å². The van der Waals surface area contributed by atoms with Gasteiger partial charge in [0, 0.05) is 13.7 Å². The molecule has 1 aromatic rings. The van der Waals surface area contributed by atoms with Crippen molar-refractivity contribution < 1.29 is 4.74 Å². The summed E-state index contributed by atoms with van der Waals surface area (Å²) in [6.07, 6.45) is 2.95. The number of aromatic nitrogens is 2. The van der Waals surface area contributed by atoms with Crippen LogP contribution in [0.15, 0.2) is 0 Å². The summed E-state index contributed by atoms with van der Waals surface area (Å²) in [5, 5.41) is 3.14. The highest BCUT2D eigenvalue weighted by Crippen LogP contribution is 2.25. The van der Waals surface area contributed by atoms with Gasteiger partial charge in [-0.05, 0) is 42.4 Å². The first-order valence-corrected chi connectivity index (χ1v) is 7.61. The monoisotopic (exact) mass is 363 g/mol. The molecule has 4 nitrogen and oxygen atoms in total. The minimum atomic E-state index is -0.00490. The van der Waals surface area contributed by atoms with E-state index < -0.39 is 0 Å². The molecule has 0 saturated carbocycles. The van der Waals surface area contributed by atoms with Crippen molar-refractivity contribution >= 4 is 28.4 Å². The third kappa shape index (κ3) is 3.78. The van der Waals surface area contributed by atoms with Crippen LogP contribution in [0.4, 0.5) is 5.82 Å². The maximum Gasteiger partial charge on any atom is 0.159 e. The predicted molar refractivity (Wildman–Crippen MR) is 82.9 cm³/mol. The molecule has 1 heterocycles. The Morgan fingerprint density at radius 1 is 1.28 bits per heavy atom. The molecule has 0 radical (unpaired) electrons. The molecule has 102 valence electrons. The van der Waals surface area contributed by atoms with E-state index in [4.69, 9.17) is 4.74 Å². The van der Waals surface area contributed by atoms with Gasteiger partial charge in [-0.15, -0.1) is 0 Å². The standard InChI is InChI=1S/C13H22IN3O/c1-5-8-9-11(14)13(15-4)17-12(16-9)10(6-2)18-7-3/h10H,5-8H2,1-4H3,(H,15,16,17). The van der Waals surface area contributed by atoms with Crippen LogP contribution in [-0.2, 0) is 11.2 Å². The van der Waals surface area contributed by atoms with E-state index >= 15 is 0 Å². The Kier molecular flexibility index (Phi) is 6.85. The van der Waals surface area contributed by atoms with Crippen LogP contribution in [0.5, 0.6) is 0 Å². The third-order valence-electron chi connectivity index (χ3n) is 2.69. The lowest BCUT2D eigenvalue weighted by Gasteiger charge is -2.17. The van der Waals surface area contributed by atoms with Crippen molar-refractivity contribution in [1.82, 2.24) is 9.97 Å². The molecule has 5 heteroatoms. The lowest BCUT2D eigenvalue weighted by Crippen LogP contribution is -2.13. The fourth-order valence-electron chi connectivity index (χ4n) is 1.80. The molecule has 0 bridgehead atoms. The van der Waals surface area contributed by atoms with Crippen LogP contribution in [0.2, 0.25) is 0 Å². The molecule has 0 aliphatic heterocycles. The van der Waals surface area contributed by atoms with Crippen LogP contribution in [-0.4, -0.2) is 23.6 Å². The molecule has 0 spiro atoms. The lowest BCUT2D eigenvalue weighted by molar-refractivity contribution is 0.0534. The summed E-state index contributed by atoms with van der Waals surface area (Å²) in [7, 11) is 1.89. The van der Waals surface area contributed by atoms with Crippen molar-refractivity contribution in [2.75, 3.05) is 19.0 Å². The minimum absolute atomic E-state index is 0.00490. The fourth-order valence-corrected chi connectivity index (χ4v) is 2.58. The number of hydrogen-bond donors (Lipinski definition) is 1. The van der Waals surface area contributed by atoms with Crippen LogP contribution in [0.3, 0.4) is 0 Å². The highest BCUT2D eigenvalue weighted by Gasteiger charge is 2.17. The first-order chi connectivity index (χ1) is 8.67. The van der Waals surface area contributed by atoms with Crippen molar-refractivity contribution in [3.05, 3.63) is 15.1 Å². The van der Waals surface area contributed by atoms with E-state index in [2.05, 4.69) is 51.7 Å². The van der Waals surface area contributed by atoms with Gasteiger partial charge in [0.05, 0.1) is 9.26 Å². The summed E-state index contributed by atoms with van der Waals surface area (Å²) < 4.78 is 6.81. The van der Waals surface area contributed by atoms with Crippen LogP contribution < -0.4 is 5.32 Å². The Bertz CT molecular complexity index is 385. The lowest BCUT2D eigenvalue weighted by atomic mass is 10.2. The van der Waals surface area contributed by atoms with E-state index in [0.29, 0.717) is 6.61 Å². The normalized spacial score (nSPS) is 12.5. The maximum atomic E-state index is 5.69. The van der Waals surface area contributed by atoms with E-state index in [0.717, 1.165) is 40.2 Å². The van der Waals surface area contributed by atoms with Gasteiger partial charge in [0.2, 0.25) is 0 Å². The topological polar surface area (TPSA) is 47.0 Å². The number of nitrogens with zero attached hydrogens (tertiary/aromatic N) is 2. The molecule has 18 heavy (non-hydrogen) atoms. The molecule has 0 saturated heterocycles. The minimum Gasteiger partial charge on any atom is -0.372 e. The quantitative estimate of drug-likeness (QED) is 0.753. The molecule has 1 rings (SSSR count). The molecule has 1 unspecified atom stereocenters. The number of ether oxygens (including phenoxy) is 1. The molecule has 0 fully saturated rings. The first kappa shape index (κ1) is 15.6. The maximum absolute atomic E-state index is 5.69. The average Bonchev–Trinajstić information content (AvgIpc) is 2.38. The smallest absolute Gasteiger partial charge is 0.159 e. The predicted octanol–water partition coefficient (Wildman–Crippen LogP) is 3.56. The second-order valence-electron chi connectivity index (χ2n) is 4.04. The third-order valence-corrected chi connectivity index (χ3v) is 3.82. The number of nitrogens with one attached hydrogen (secondary N) is 1. The molecule has 0 aliphatic carbocycles. The van der Waals surface area contributed by atoms with E-state index in [9.17, 15) is 0 Å². The summed E-state index contributed by atoms with van der Waals surface area (Å²) >= 11 is 2.31. The second-order valence-corrected chi connectivity index (χ2v) is 5.12. The molecule has 1 aromatic heterocycles. The summed E-state index contributed by atoms with van der Waals surface area (Å²) in [6, 6.07) is 0. The van der Waals surface area contributed by atoms with Crippen molar-refractivity contribution in [3.8, 4) is 0 Å². The number of rotatable bonds is 7. The second kappa shape index (κ2) is 7.89. The molecular formula is C13H22IN3O. The van der Waals surface area contributed by atoms with Crippen molar-refractivity contribution in [2.45, 2.75) is 46.1 Å². The average molecular weight is 363 g/mol. The number of halogens is 1. The Balaban J connectivity index is 3.14. The first-order valence-electron chi connectivity index (χ1n) is 6.53. The molecule has 0 aromatic carbocycles. The van der Waals surface area contributed by atoms with Gasteiger partial charge in [-0.3, -0.25) is 0 Å². The molecule has 1 N–H and O–H groups in total. The van der Waals surface area contributed by atoms with Crippen LogP contribution in [0, 0.1) is 3.57 Å². The Morgan fingerprint density at radius 3 is 2.50 bits per heavy atom. The number of hydrogen-bond acceptors (Lipinski definition) is 4. The SMILES string of the molecule is CCCc1nc(C(CC)OCC)nc(NC)c1I. The molecule has 0 aliphatic rings. The Labute approximate surface area is 123 Å². The zero-order valence-corrected chi connectivity index (χ0v) is 13.7. The van der Waals surface area contributed by atoms with Gasteiger partial charge in [-0.25, -0.2) is 9.97 Å². The molecule has 0 amide bonds. The summed E-state index contributed by atoms with van der Waals surface area (Å²) in [5.41, 5.74) is 1.12. The van der Waals surface area contributed by atoms with Crippen LogP contribution in [0.1, 0.15) is 51.2 Å². The molecular weight excluding hydrogens is 341 g/mol. The van der Waals surface area contributed by atoms with Crippen molar-refractivity contribution in [2.24, 2.45) is 0 Å². The van der Waals surface area contributed by atoms with Gasteiger partial charge >= 0.3 is 0 Å². The van der Waals surface area contributed by atoms with Gasteiger partial charge in [0.15, 0.2) is 5.82 Å². The van der Waals surface area contributed by atoms with Gasteiger partial charge in [0.25, 0.3) is 0 Å². The van der Waals surface area contributed by atoms with E-state index in [-0.39, 0.29) is 6.10 Å². The summed E-state index contributed by atoms with van der Waals surface area (Å²) in [4.78, 5) is 9.25. The van der Waals surface area contributed by atoms with Crippen LogP contribution in [0.25, 0.3) is 0 Å². The summed E-state index contributed by atoms with van der Waals surface area (Å²) in [5.74, 6) is 1.70. The van der Waals surface area contributed by atoms with Gasteiger partial charge in [0.1, 0.15) is 11.9 Å². The van der Waals surface area contributed by atoms with Crippen molar-refractivity contribution in [1.29, 1.82) is 0 Å². The zero-order valence-electron chi connectivity index (χ0n) is 11.6. The van der Waals surface area contributed by atoms with Gasteiger partial charge in [-0.2, -0.15) is 0 Å². The van der Waals surface area contributed by atoms with E-state index in [1.54, 1.807) is 0 Å². The number of aryl methyl sites for hydroxylation is 1. The summed E-state index contributed by atoms with van der Waals surface area (Å²) in [6.45, 7) is 6.95. The highest BCUT2D eigenvalue weighted by atomic mass is 127. The molecule has 1 atom stereocenters. The van der Waals surface area contributed by atoms with Crippen LogP contribution >= 0.6 is 22.6 Å². The Hall–Kier alpha value is -0.430. The number of anilines is 1. The van der Waals surface area contributed by atoms with Gasteiger partial charge in [-0.1, -0.05) is 20.3 Å². The fraction of sp³-hybridized carbons (Fsp3) is 0.692. The van der Waals surface area contributed by atoms with Gasteiger partial charge < -0.3 is 10.1 Å². The van der Waals surface area contributed by atoms with Crippen molar-refractivity contribution in [3.63, 3.8) is 0 Å².